The van der Waals surface area contributed by atoms with Gasteiger partial charge in [-0.05, 0) is 168 Å². The maximum absolute atomic E-state index is 6.74. The Bertz CT molecular complexity index is 6870. The first-order valence-electron chi connectivity index (χ1n) is 47.2. The molecule has 4 N–H and O–H groups in total. The first-order valence-corrected chi connectivity index (χ1v) is 62.3. The number of anilines is 2. The molecule has 0 amide bonds. The van der Waals surface area contributed by atoms with E-state index >= 15 is 0 Å². The summed E-state index contributed by atoms with van der Waals surface area (Å²) in [4.78, 5) is 71.4. The predicted molar refractivity (Wildman–Crippen MR) is 653 cm³/mol. The number of ether oxygens (including phenoxy) is 2. The summed E-state index contributed by atoms with van der Waals surface area (Å²) in [6.07, 6.45) is 15.2. The number of thiol groups is 1. The Morgan fingerprint density at radius 3 is 0.858 bits per heavy atom. The Morgan fingerprint density at radius 1 is 0.351 bits per heavy atom. The number of piperidine rings is 2. The van der Waals surface area contributed by atoms with Gasteiger partial charge in [-0.1, -0.05) is 258 Å². The zero-order valence-electron chi connectivity index (χ0n) is 84.4. The van der Waals surface area contributed by atoms with Crippen LogP contribution in [0.2, 0.25) is 35.2 Å². The average molecular weight is 2540 g/mol. The molecule has 2 spiro atoms. The normalized spacial score (nSPS) is 16.2. The molecular formula is C108H113BrCl7IN16O2S13. The molecule has 148 heavy (non-hydrogen) atoms. The van der Waals surface area contributed by atoms with Crippen molar-refractivity contribution in [1.82, 2.24) is 59.8 Å². The van der Waals surface area contributed by atoms with Gasteiger partial charge in [-0.25, -0.2) is 59.8 Å². The number of benzene rings is 7. The van der Waals surface area contributed by atoms with Crippen molar-refractivity contribution in [2.45, 2.75) is 231 Å². The molecule has 16 aromatic rings. The van der Waals surface area contributed by atoms with Gasteiger partial charge in [0.05, 0.1) is 194 Å². The molecule has 4 saturated heterocycles. The van der Waals surface area contributed by atoms with Crippen LogP contribution in [0.15, 0.2) is 252 Å². The zero-order valence-corrected chi connectivity index (χ0v) is 104. The fraction of sp³-hybridized carbons (Fsp3) is 0.333. The lowest BCUT2D eigenvalue weighted by molar-refractivity contribution is 0.0973. The maximum atomic E-state index is 6.74. The highest BCUT2D eigenvalue weighted by Crippen LogP contribution is 2.51. The first-order chi connectivity index (χ1) is 70.4. The summed E-state index contributed by atoms with van der Waals surface area (Å²) in [6, 6.07) is 42.7. The summed E-state index contributed by atoms with van der Waals surface area (Å²) in [7, 11) is 0. The number of aromatic nitrogens is 12. The minimum Gasteiger partial charge on any atom is -0.376 e. The SMILES string of the molecule is CC(C)(C)Sc1cccc(I)c1Cl.Cc1ncsc1-c1cccc(S)c1Cl.Cc1ncsc1-c1cccc(SC(C)(C)C)c1Cl.Cc1ncsc1-c1cccc(SC(C)(C)C)c1Cl.Cc1ncsc1-c1cccc(Sc2cnc(Br)cn2)c1Cl.Cc1ncsc1-c1cccc(Sc2cnc(N3CCC4(CC3)CO[C@@H](C)[C@H]4N)cn2)c1Cl.Cc1ncsc1-c1cccc(Sc2cnc(N3CCC4(CC3)CO[C@@H](C)[C@H]4N)cn2)c1Cl. The molecule has 778 valence electrons. The number of thioether (sulfide) groups is 3. The van der Waals surface area contributed by atoms with Crippen LogP contribution in [0.5, 0.6) is 0 Å². The highest BCUT2D eigenvalue weighted by atomic mass is 127. The minimum atomic E-state index is 0.108. The standard InChI is InChI=1S/2C23H26ClN5OS2.C14H9BrClN3S2.2C14H16ClNS2.C10H12ClIS.C10H8ClNS2/c2*1-14-21(31-13-28-14)16-4-3-5-17(20(16)24)32-19-11-26-18(10-27-19)29-8-6-23(7-9-29)12-30-15(2)22(23)25;1-8-14(20-7-19-8)9-3-2-4-10(13(9)16)21-12-6-17-11(15)5-18-12;2*1-9-13(17-8-16-9)10-6-5-7-11(12(10)15)18-14(2,3)4;1-10(2,3)13-8-6-4-5-7(12)9(8)11;1-6-10(14-5-12-6)7-3-2-4-8(13)9(7)11/h2*3-5,10-11,13,15,22H,6-9,12,25H2,1-2H3;2-7H,1H3;2*5-8H,1-4H3;4-6H,1-3H3;2-5,13H,1H3/t2*15-,22+;;;;;/m00...../s1. The topological polar surface area (TPSA) is 232 Å². The third kappa shape index (κ3) is 31.0. The van der Waals surface area contributed by atoms with Gasteiger partial charge in [0.1, 0.15) is 31.3 Å². The molecule has 7 aromatic carbocycles. The van der Waals surface area contributed by atoms with Gasteiger partial charge in [-0.15, -0.1) is 116 Å². The van der Waals surface area contributed by atoms with Gasteiger partial charge in [0, 0.05) is 135 Å². The number of rotatable bonds is 17. The van der Waals surface area contributed by atoms with Crippen LogP contribution in [-0.2, 0) is 9.47 Å². The van der Waals surface area contributed by atoms with Crippen molar-refractivity contribution in [2.75, 3.05) is 49.2 Å². The van der Waals surface area contributed by atoms with Gasteiger partial charge in [0.25, 0.3) is 0 Å². The van der Waals surface area contributed by atoms with E-state index in [4.69, 9.17) is 112 Å². The van der Waals surface area contributed by atoms with Crippen molar-refractivity contribution in [3.63, 3.8) is 0 Å². The molecule has 13 heterocycles. The van der Waals surface area contributed by atoms with Crippen molar-refractivity contribution < 1.29 is 9.47 Å². The third-order valence-corrected chi connectivity index (χ3v) is 42.1. The zero-order chi connectivity index (χ0) is 106. The summed E-state index contributed by atoms with van der Waals surface area (Å²) in [5.74, 6) is 1.81. The smallest absolute Gasteiger partial charge is 0.147 e. The number of nitrogens with two attached hydrogens (primary N) is 2. The fourth-order valence-electron chi connectivity index (χ4n) is 16.5. The summed E-state index contributed by atoms with van der Waals surface area (Å²) in [5, 5.41) is 7.87. The van der Waals surface area contributed by atoms with Crippen molar-refractivity contribution in [3.8, 4) is 62.6 Å². The molecule has 4 aliphatic rings. The van der Waals surface area contributed by atoms with Crippen LogP contribution in [0.1, 0.15) is 136 Å². The highest BCUT2D eigenvalue weighted by molar-refractivity contribution is 14.1. The van der Waals surface area contributed by atoms with Crippen molar-refractivity contribution in [2.24, 2.45) is 22.3 Å². The Labute approximate surface area is 980 Å². The predicted octanol–water partition coefficient (Wildman–Crippen LogP) is 35.8. The maximum Gasteiger partial charge on any atom is 0.147 e. The molecule has 0 radical (unpaired) electrons. The van der Waals surface area contributed by atoms with Gasteiger partial charge in [-0.2, -0.15) is 0 Å². The second kappa shape index (κ2) is 53.6. The number of aryl methyl sites for hydroxylation is 6. The van der Waals surface area contributed by atoms with E-state index in [0.29, 0.717) is 9.63 Å². The molecule has 0 saturated carbocycles. The summed E-state index contributed by atoms with van der Waals surface area (Å²) in [5.41, 5.74) is 36.5. The molecule has 0 aliphatic carbocycles. The Balaban J connectivity index is 0.000000140. The Morgan fingerprint density at radius 2 is 0.608 bits per heavy atom. The van der Waals surface area contributed by atoms with E-state index in [2.05, 4.69) is 229 Å². The first kappa shape index (κ1) is 118. The van der Waals surface area contributed by atoms with Gasteiger partial charge in [0.15, 0.2) is 0 Å². The van der Waals surface area contributed by atoms with Crippen LogP contribution < -0.4 is 21.3 Å². The molecule has 20 rings (SSSR count). The van der Waals surface area contributed by atoms with Gasteiger partial charge < -0.3 is 30.7 Å². The molecule has 4 aliphatic heterocycles. The molecule has 0 unspecified atom stereocenters. The van der Waals surface area contributed by atoms with Gasteiger partial charge in [0.2, 0.25) is 0 Å². The van der Waals surface area contributed by atoms with E-state index in [1.165, 1.54) is 40.2 Å². The summed E-state index contributed by atoms with van der Waals surface area (Å²) in [6.45, 7) is 41.1. The number of hydrogen-bond acceptors (Lipinski definition) is 31. The fourth-order valence-corrected chi connectivity index (χ4v) is 30.4. The summed E-state index contributed by atoms with van der Waals surface area (Å²) >= 11 is 74.9. The molecule has 4 atom stereocenters. The van der Waals surface area contributed by atoms with Crippen LogP contribution in [0.4, 0.5) is 11.6 Å². The second-order valence-corrected chi connectivity index (χ2v) is 57.2. The highest BCUT2D eigenvalue weighted by Gasteiger charge is 2.49. The van der Waals surface area contributed by atoms with E-state index in [1.807, 2.05) is 184 Å². The van der Waals surface area contributed by atoms with Crippen molar-refractivity contribution in [1.29, 1.82) is 0 Å². The van der Waals surface area contributed by atoms with Crippen molar-refractivity contribution >= 4 is 283 Å². The number of thiazole rings is 6. The molecule has 4 fully saturated rings. The van der Waals surface area contributed by atoms with Crippen LogP contribution >= 0.6 is 271 Å². The molecular weight excluding hydrogens is 2430 g/mol. The van der Waals surface area contributed by atoms with Crippen LogP contribution in [-0.4, -0.2) is 138 Å². The van der Waals surface area contributed by atoms with E-state index in [9.17, 15) is 0 Å². The summed E-state index contributed by atoms with van der Waals surface area (Å²) < 4.78 is 14.0. The lowest BCUT2D eigenvalue weighted by Crippen LogP contribution is -2.50. The van der Waals surface area contributed by atoms with Crippen LogP contribution in [0.25, 0.3) is 62.6 Å². The number of nitrogens with zero attached hydrogens (tertiary/aromatic N) is 14. The average Bonchev–Trinajstić information content (AvgIpc) is 1.62. The molecule has 18 nitrogen and oxygen atoms in total. The third-order valence-electron chi connectivity index (χ3n) is 24.2. The van der Waals surface area contributed by atoms with E-state index < -0.39 is 0 Å². The van der Waals surface area contributed by atoms with E-state index in [1.54, 1.807) is 116 Å². The quantitative estimate of drug-likeness (QED) is 0.0437. The monoisotopic (exact) mass is 2530 g/mol. The largest absolute Gasteiger partial charge is 0.376 e. The Hall–Kier alpha value is -5.31. The number of hydrogen-bond donors (Lipinski definition) is 3. The Kier molecular flexibility index (Phi) is 42.8. The molecule has 40 heteroatoms. The number of halogens is 9. The van der Waals surface area contributed by atoms with E-state index in [-0.39, 0.29) is 49.4 Å². The van der Waals surface area contributed by atoms with E-state index in [0.717, 1.165) is 252 Å². The van der Waals surface area contributed by atoms with Crippen LogP contribution in [0, 0.1) is 55.9 Å². The lowest BCUT2D eigenvalue weighted by atomic mass is 9.73. The van der Waals surface area contributed by atoms with Crippen LogP contribution in [0.3, 0.4) is 0 Å². The second-order valence-electron chi connectivity index (χ2n) is 38.2. The molecule has 0 bridgehead atoms. The lowest BCUT2D eigenvalue weighted by Gasteiger charge is -2.41. The molecule has 9 aromatic heterocycles. The van der Waals surface area contributed by atoms with Gasteiger partial charge >= 0.3 is 0 Å². The van der Waals surface area contributed by atoms with Gasteiger partial charge in [-0.3, -0.25) is 0 Å². The minimum absolute atomic E-state index is 0.108. The van der Waals surface area contributed by atoms with Crippen molar-refractivity contribution in [3.05, 3.63) is 275 Å².